The van der Waals surface area contributed by atoms with Gasteiger partial charge in [-0.1, -0.05) is 27.7 Å². The van der Waals surface area contributed by atoms with Gasteiger partial charge >= 0.3 is 0 Å². The lowest BCUT2D eigenvalue weighted by Gasteiger charge is -1.86. The normalized spacial score (nSPS) is 7.50. The minimum atomic E-state index is 1.09. The Morgan fingerprint density at radius 2 is 0.833 bits per heavy atom. The molecule has 4 heteroatoms. The molecule has 12 heavy (non-hydrogen) atoms. The molecule has 4 nitrogen and oxygen atoms in total. The second kappa shape index (κ2) is 30.8. The molecule has 0 spiro atoms. The molecule has 0 aliphatic heterocycles. The summed E-state index contributed by atoms with van der Waals surface area (Å²) in [6.07, 6.45) is 0. The topological polar surface area (TPSA) is 64.5 Å². The molecule has 0 radical (unpaired) electrons. The molecule has 0 fully saturated rings. The summed E-state index contributed by atoms with van der Waals surface area (Å²) in [5.41, 5.74) is 0. The van der Waals surface area contributed by atoms with Gasteiger partial charge in [0.1, 0.15) is 0 Å². The molecule has 0 saturated carbocycles. The van der Waals surface area contributed by atoms with Crippen molar-refractivity contribution >= 4 is 0 Å². The fourth-order valence-corrected chi connectivity index (χ4v) is 0.500. The van der Waals surface area contributed by atoms with Crippen LogP contribution in [0.25, 0.3) is 0 Å². The Hall–Kier alpha value is -0.160. The fraction of sp³-hybridized carbons (Fsp3) is 1.00. The summed E-state index contributed by atoms with van der Waals surface area (Å²) in [4.78, 5) is 0. The molecule has 4 N–H and O–H groups in total. The smallest absolute Gasteiger partial charge is 0.00775 e. The van der Waals surface area contributed by atoms with Crippen LogP contribution >= 0.6 is 0 Å². The predicted octanol–water partition coefficient (Wildman–Crippen LogP) is 1.25. The van der Waals surface area contributed by atoms with Crippen molar-refractivity contribution in [3.8, 4) is 0 Å². The summed E-state index contributed by atoms with van der Waals surface area (Å²) in [7, 11) is 0. The quantitative estimate of drug-likeness (QED) is 0.388. The van der Waals surface area contributed by atoms with Crippen molar-refractivity contribution in [2.75, 3.05) is 26.2 Å². The molecular formula is C8H24N2O2. The van der Waals surface area contributed by atoms with Crippen molar-refractivity contribution in [2.24, 2.45) is 0 Å². The average molecular weight is 180 g/mol. The van der Waals surface area contributed by atoms with E-state index in [-0.39, 0.29) is 0 Å². The van der Waals surface area contributed by atoms with Crippen LogP contribution in [-0.4, -0.2) is 36.7 Å². The summed E-state index contributed by atoms with van der Waals surface area (Å²) >= 11 is 0. The van der Waals surface area contributed by atoms with Gasteiger partial charge in [-0.25, -0.2) is 0 Å². The molecular weight excluding hydrogens is 156 g/mol. The Balaban J connectivity index is -0.000000112. The lowest BCUT2D eigenvalue weighted by Crippen LogP contribution is -2.09. The van der Waals surface area contributed by atoms with E-state index < -0.39 is 0 Å². The van der Waals surface area contributed by atoms with Crippen molar-refractivity contribution < 1.29 is 10.5 Å². The maximum absolute atomic E-state index is 6.00. The Kier molecular flexibility index (Phi) is 45.7. The van der Waals surface area contributed by atoms with E-state index in [4.69, 9.17) is 10.5 Å². The van der Waals surface area contributed by atoms with E-state index in [1.165, 1.54) is 0 Å². The summed E-state index contributed by atoms with van der Waals surface area (Å²) < 4.78 is 0. The monoisotopic (exact) mass is 180 g/mol. The predicted molar refractivity (Wildman–Crippen MR) is 53.7 cm³/mol. The highest BCUT2D eigenvalue weighted by atomic mass is 17.0. The molecule has 0 amide bonds. The molecule has 0 heterocycles. The van der Waals surface area contributed by atoms with Crippen molar-refractivity contribution in [1.82, 2.24) is 10.6 Å². The minimum absolute atomic E-state index is 1.09. The molecule has 0 aliphatic carbocycles. The van der Waals surface area contributed by atoms with Gasteiger partial charge in [0.25, 0.3) is 0 Å². The lowest BCUT2D eigenvalue weighted by molar-refractivity contribution is -0.176. The van der Waals surface area contributed by atoms with Gasteiger partial charge in [-0.15, -0.1) is 0 Å². The van der Waals surface area contributed by atoms with Crippen molar-refractivity contribution in [3.63, 3.8) is 0 Å². The zero-order valence-electron chi connectivity index (χ0n) is 8.72. The molecule has 0 aromatic rings. The summed E-state index contributed by atoms with van der Waals surface area (Å²) in [5.74, 6) is 0. The lowest BCUT2D eigenvalue weighted by atomic mass is 10.7. The van der Waals surface area contributed by atoms with Crippen LogP contribution in [0.2, 0.25) is 0 Å². The van der Waals surface area contributed by atoms with E-state index in [0.29, 0.717) is 0 Å². The van der Waals surface area contributed by atoms with Crippen LogP contribution in [0.5, 0.6) is 0 Å². The third-order valence-electron chi connectivity index (χ3n) is 1.000. The second-order valence-electron chi connectivity index (χ2n) is 1.91. The maximum atomic E-state index is 6.00. The molecule has 78 valence electrons. The van der Waals surface area contributed by atoms with Crippen LogP contribution in [0, 0.1) is 0 Å². The Labute approximate surface area is 75.9 Å². The van der Waals surface area contributed by atoms with Gasteiger partial charge in [0.15, 0.2) is 0 Å². The Bertz CT molecular complexity index is 36.0. The summed E-state index contributed by atoms with van der Waals surface area (Å²) in [6.45, 7) is 12.8. The molecule has 0 unspecified atom stereocenters. The van der Waals surface area contributed by atoms with E-state index in [9.17, 15) is 0 Å². The minimum Gasteiger partial charge on any atom is -0.317 e. The van der Waals surface area contributed by atoms with Crippen LogP contribution < -0.4 is 10.6 Å². The van der Waals surface area contributed by atoms with Crippen LogP contribution in [0.4, 0.5) is 0 Å². The van der Waals surface area contributed by atoms with Gasteiger partial charge in [-0.2, -0.15) is 0 Å². The van der Waals surface area contributed by atoms with E-state index in [0.717, 1.165) is 26.2 Å². The zero-order chi connectivity index (χ0) is 10.2. The number of hydrogen-bond donors (Lipinski definition) is 4. The third-order valence-corrected chi connectivity index (χ3v) is 1.000. The standard InChI is InChI=1S/2C4H11N.H2O2/c2*1-3-5-4-2;1-2/h2*5H,3-4H2,1-2H3;1-2H. The molecule has 0 saturated heterocycles. The summed E-state index contributed by atoms with van der Waals surface area (Å²) in [5, 5.41) is 18.2. The first kappa shape index (κ1) is 17.8. The van der Waals surface area contributed by atoms with Crippen LogP contribution in [0.1, 0.15) is 27.7 Å². The van der Waals surface area contributed by atoms with Crippen LogP contribution in [-0.2, 0) is 0 Å². The van der Waals surface area contributed by atoms with Gasteiger partial charge < -0.3 is 10.6 Å². The molecule has 0 aromatic heterocycles. The first-order valence-corrected chi connectivity index (χ1v) is 4.44. The van der Waals surface area contributed by atoms with E-state index in [1.54, 1.807) is 0 Å². The van der Waals surface area contributed by atoms with Gasteiger partial charge in [-0.05, 0) is 26.2 Å². The van der Waals surface area contributed by atoms with Crippen LogP contribution in [0.3, 0.4) is 0 Å². The van der Waals surface area contributed by atoms with E-state index in [2.05, 4.69) is 38.3 Å². The van der Waals surface area contributed by atoms with Gasteiger partial charge in [0.05, 0.1) is 0 Å². The highest BCUT2D eigenvalue weighted by molar-refractivity contribution is 4.28. The van der Waals surface area contributed by atoms with Crippen molar-refractivity contribution in [2.45, 2.75) is 27.7 Å². The second-order valence-corrected chi connectivity index (χ2v) is 1.91. The number of nitrogens with one attached hydrogen (secondary N) is 2. The van der Waals surface area contributed by atoms with E-state index >= 15 is 0 Å². The largest absolute Gasteiger partial charge is 0.317 e. The number of rotatable bonds is 4. The molecule has 0 bridgehead atoms. The van der Waals surface area contributed by atoms with Crippen LogP contribution in [0.15, 0.2) is 0 Å². The first-order chi connectivity index (χ1) is 5.83. The Morgan fingerprint density at radius 1 is 0.667 bits per heavy atom. The maximum Gasteiger partial charge on any atom is -0.00775 e. The first-order valence-electron chi connectivity index (χ1n) is 4.44. The fourth-order valence-electron chi connectivity index (χ4n) is 0.500. The van der Waals surface area contributed by atoms with Gasteiger partial charge in [0, 0.05) is 0 Å². The highest BCUT2D eigenvalue weighted by Gasteiger charge is 1.63. The molecule has 0 atom stereocenters. The number of hydrogen-bond acceptors (Lipinski definition) is 4. The van der Waals surface area contributed by atoms with Gasteiger partial charge in [-0.3, -0.25) is 10.5 Å². The molecule has 0 aliphatic rings. The molecule has 0 aromatic carbocycles. The van der Waals surface area contributed by atoms with Gasteiger partial charge in [0.2, 0.25) is 0 Å². The molecule has 0 rings (SSSR count). The highest BCUT2D eigenvalue weighted by Crippen LogP contribution is 1.48. The average Bonchev–Trinajstić information content (AvgIpc) is 2.12. The zero-order valence-corrected chi connectivity index (χ0v) is 8.72. The SMILES string of the molecule is CCNCC.CCNCC.OO. The van der Waals surface area contributed by atoms with Crippen molar-refractivity contribution in [3.05, 3.63) is 0 Å². The van der Waals surface area contributed by atoms with Crippen molar-refractivity contribution in [1.29, 1.82) is 0 Å². The Morgan fingerprint density at radius 3 is 0.833 bits per heavy atom. The van der Waals surface area contributed by atoms with E-state index in [1.807, 2.05) is 0 Å². The summed E-state index contributed by atoms with van der Waals surface area (Å²) in [6, 6.07) is 0. The third kappa shape index (κ3) is 52.1.